The number of hydrogen-bond donors (Lipinski definition) is 0. The van der Waals surface area contributed by atoms with Gasteiger partial charge in [0, 0.05) is 12.5 Å². The van der Waals surface area contributed by atoms with Crippen molar-refractivity contribution in [1.82, 2.24) is 4.90 Å². The number of carbonyl (C=O) groups is 3. The Hall–Kier alpha value is -2.95. The summed E-state index contributed by atoms with van der Waals surface area (Å²) in [7, 11) is 0. The molecular weight excluding hydrogens is 412 g/mol. The van der Waals surface area contributed by atoms with Crippen molar-refractivity contribution in [2.75, 3.05) is 11.4 Å². The highest BCUT2D eigenvalue weighted by Gasteiger charge is 2.45. The van der Waals surface area contributed by atoms with Crippen LogP contribution in [0.25, 0.3) is 0 Å². The molecule has 1 aliphatic carbocycles. The third kappa shape index (κ3) is 5.18. The van der Waals surface area contributed by atoms with Gasteiger partial charge in [-0.05, 0) is 48.4 Å². The number of carbonyl (C=O) groups excluding carboxylic acids is 3. The first-order valence-electron chi connectivity index (χ1n) is 12.3. The van der Waals surface area contributed by atoms with Gasteiger partial charge in [-0.25, -0.2) is 4.90 Å². The Balaban J connectivity index is 1.56. The van der Waals surface area contributed by atoms with E-state index in [-0.39, 0.29) is 30.1 Å². The van der Waals surface area contributed by atoms with Gasteiger partial charge in [0.2, 0.25) is 11.8 Å². The maximum absolute atomic E-state index is 13.6. The second-order valence-corrected chi connectivity index (χ2v) is 9.64. The van der Waals surface area contributed by atoms with E-state index >= 15 is 0 Å². The summed E-state index contributed by atoms with van der Waals surface area (Å²) in [5.41, 5.74) is 2.87. The second kappa shape index (κ2) is 10.3. The van der Waals surface area contributed by atoms with Crippen LogP contribution in [0.15, 0.2) is 54.6 Å². The van der Waals surface area contributed by atoms with E-state index in [0.717, 1.165) is 43.2 Å². The lowest BCUT2D eigenvalue weighted by Crippen LogP contribution is -2.48. The third-order valence-corrected chi connectivity index (χ3v) is 7.04. The summed E-state index contributed by atoms with van der Waals surface area (Å²) in [6.07, 6.45) is 5.72. The standard InChI is InChI=1S/C28H34N2O3/c1-20(2)22-13-15-24(16-14-22)30-26(31)19-25(28(30)33)29(18-17-21-9-5-3-6-10-21)27(32)23-11-7-4-8-12-23/h3,5-6,9-10,13-16,20,23,25H,4,7-8,11-12,17-19H2,1-2H3. The zero-order valence-electron chi connectivity index (χ0n) is 19.7. The zero-order valence-corrected chi connectivity index (χ0v) is 19.7. The first-order chi connectivity index (χ1) is 16.0. The highest BCUT2D eigenvalue weighted by Crippen LogP contribution is 2.31. The smallest absolute Gasteiger partial charge is 0.257 e. The number of rotatable bonds is 7. The number of amides is 3. The van der Waals surface area contributed by atoms with Crippen LogP contribution >= 0.6 is 0 Å². The lowest BCUT2D eigenvalue weighted by Gasteiger charge is -2.32. The molecule has 1 unspecified atom stereocenters. The molecule has 4 rings (SSSR count). The number of nitrogens with zero attached hydrogens (tertiary/aromatic N) is 2. The van der Waals surface area contributed by atoms with Gasteiger partial charge in [0.1, 0.15) is 6.04 Å². The number of benzene rings is 2. The summed E-state index contributed by atoms with van der Waals surface area (Å²) < 4.78 is 0. The SMILES string of the molecule is CC(C)c1ccc(N2C(=O)CC(N(CCc3ccccc3)C(=O)C3CCCCC3)C2=O)cc1. The monoisotopic (exact) mass is 446 g/mol. The average molecular weight is 447 g/mol. The Morgan fingerprint density at radius 3 is 2.27 bits per heavy atom. The summed E-state index contributed by atoms with van der Waals surface area (Å²) in [5, 5.41) is 0. The topological polar surface area (TPSA) is 57.7 Å². The van der Waals surface area contributed by atoms with Crippen LogP contribution in [0, 0.1) is 5.92 Å². The van der Waals surface area contributed by atoms with E-state index in [9.17, 15) is 14.4 Å². The van der Waals surface area contributed by atoms with E-state index in [1.165, 1.54) is 4.90 Å². The van der Waals surface area contributed by atoms with Crippen molar-refractivity contribution in [3.63, 3.8) is 0 Å². The summed E-state index contributed by atoms with van der Waals surface area (Å²) in [4.78, 5) is 43.0. The first-order valence-corrected chi connectivity index (χ1v) is 12.3. The van der Waals surface area contributed by atoms with Gasteiger partial charge < -0.3 is 4.90 Å². The lowest BCUT2D eigenvalue weighted by atomic mass is 9.87. The molecule has 33 heavy (non-hydrogen) atoms. The molecule has 2 aromatic rings. The van der Waals surface area contributed by atoms with E-state index in [4.69, 9.17) is 0 Å². The molecule has 1 heterocycles. The molecule has 1 aliphatic heterocycles. The number of imide groups is 1. The van der Waals surface area contributed by atoms with E-state index in [2.05, 4.69) is 13.8 Å². The average Bonchev–Trinajstić information content (AvgIpc) is 3.14. The van der Waals surface area contributed by atoms with Crippen LogP contribution < -0.4 is 4.90 Å². The van der Waals surface area contributed by atoms with E-state index < -0.39 is 6.04 Å². The van der Waals surface area contributed by atoms with Crippen molar-refractivity contribution < 1.29 is 14.4 Å². The van der Waals surface area contributed by atoms with Crippen LogP contribution in [0.4, 0.5) is 5.69 Å². The number of anilines is 1. The molecule has 0 bridgehead atoms. The third-order valence-electron chi connectivity index (χ3n) is 7.04. The molecule has 0 spiro atoms. The molecule has 2 fully saturated rings. The highest BCUT2D eigenvalue weighted by atomic mass is 16.2. The molecule has 2 aromatic carbocycles. The minimum Gasteiger partial charge on any atom is -0.330 e. The predicted molar refractivity (Wildman–Crippen MR) is 130 cm³/mol. The van der Waals surface area contributed by atoms with Gasteiger partial charge in [-0.3, -0.25) is 14.4 Å². The summed E-state index contributed by atoms with van der Waals surface area (Å²) in [6, 6.07) is 16.9. The van der Waals surface area contributed by atoms with Crippen molar-refractivity contribution >= 4 is 23.4 Å². The Kier molecular flexibility index (Phi) is 7.26. The predicted octanol–water partition coefficient (Wildman–Crippen LogP) is 5.09. The number of hydrogen-bond acceptors (Lipinski definition) is 3. The van der Waals surface area contributed by atoms with Crippen molar-refractivity contribution in [3.8, 4) is 0 Å². The van der Waals surface area contributed by atoms with Gasteiger partial charge >= 0.3 is 0 Å². The van der Waals surface area contributed by atoms with Crippen LogP contribution in [-0.2, 0) is 20.8 Å². The molecule has 0 aromatic heterocycles. The summed E-state index contributed by atoms with van der Waals surface area (Å²) in [6.45, 7) is 4.67. The molecule has 2 aliphatic rings. The van der Waals surface area contributed by atoms with Crippen molar-refractivity contribution in [2.45, 2.75) is 70.8 Å². The van der Waals surface area contributed by atoms with E-state index in [0.29, 0.717) is 24.6 Å². The second-order valence-electron chi connectivity index (χ2n) is 9.64. The van der Waals surface area contributed by atoms with Gasteiger partial charge in [-0.2, -0.15) is 0 Å². The van der Waals surface area contributed by atoms with Gasteiger partial charge in [0.25, 0.3) is 5.91 Å². The molecule has 0 radical (unpaired) electrons. The minimum atomic E-state index is -0.722. The molecule has 3 amide bonds. The van der Waals surface area contributed by atoms with Crippen LogP contribution in [0.5, 0.6) is 0 Å². The fourth-order valence-corrected chi connectivity index (χ4v) is 5.04. The van der Waals surface area contributed by atoms with E-state index in [1.807, 2.05) is 54.6 Å². The van der Waals surface area contributed by atoms with Gasteiger partial charge in [-0.15, -0.1) is 0 Å². The minimum absolute atomic E-state index is 0.0359. The zero-order chi connectivity index (χ0) is 23.4. The Bertz CT molecular complexity index is 978. The Morgan fingerprint density at radius 1 is 0.970 bits per heavy atom. The highest BCUT2D eigenvalue weighted by molar-refractivity contribution is 6.23. The van der Waals surface area contributed by atoms with Crippen molar-refractivity contribution in [2.24, 2.45) is 5.92 Å². The van der Waals surface area contributed by atoms with Crippen LogP contribution in [-0.4, -0.2) is 35.2 Å². The van der Waals surface area contributed by atoms with Gasteiger partial charge in [-0.1, -0.05) is 75.6 Å². The van der Waals surface area contributed by atoms with Crippen molar-refractivity contribution in [1.29, 1.82) is 0 Å². The normalized spacial score (nSPS) is 19.4. The van der Waals surface area contributed by atoms with Crippen LogP contribution in [0.1, 0.15) is 69.4 Å². The molecule has 174 valence electrons. The molecule has 1 saturated heterocycles. The quantitative estimate of drug-likeness (QED) is 0.557. The Labute approximate surface area is 196 Å². The Morgan fingerprint density at radius 2 is 1.64 bits per heavy atom. The molecule has 0 N–H and O–H groups in total. The fourth-order valence-electron chi connectivity index (χ4n) is 5.04. The van der Waals surface area contributed by atoms with Crippen LogP contribution in [0.3, 0.4) is 0 Å². The molecule has 5 heteroatoms. The molecule has 1 atom stereocenters. The molecular formula is C28H34N2O3. The fraction of sp³-hybridized carbons (Fsp3) is 0.464. The van der Waals surface area contributed by atoms with Gasteiger partial charge in [0.15, 0.2) is 0 Å². The maximum Gasteiger partial charge on any atom is 0.257 e. The van der Waals surface area contributed by atoms with Gasteiger partial charge in [0.05, 0.1) is 12.1 Å². The lowest BCUT2D eigenvalue weighted by molar-refractivity contribution is -0.142. The summed E-state index contributed by atoms with van der Waals surface area (Å²) in [5.74, 6) is -0.151. The van der Waals surface area contributed by atoms with Crippen molar-refractivity contribution in [3.05, 3.63) is 65.7 Å². The molecule has 1 saturated carbocycles. The summed E-state index contributed by atoms with van der Waals surface area (Å²) >= 11 is 0. The largest absolute Gasteiger partial charge is 0.330 e. The van der Waals surface area contributed by atoms with E-state index in [1.54, 1.807) is 4.90 Å². The molecule has 5 nitrogen and oxygen atoms in total. The van der Waals surface area contributed by atoms with Crippen LogP contribution in [0.2, 0.25) is 0 Å². The first kappa shape index (κ1) is 23.2. The maximum atomic E-state index is 13.6.